The number of aromatic carboxylic acids is 1. The number of carboxylic acid groups (broad SMARTS) is 1. The molecular weight excluding hydrogens is 710 g/mol. The number of carbonyl (C=O) groups is 1. The standard InChI is InChI=1S/C22H19N3O6S2.C12H11ClO2S/c1-25-20(23-17(22(28)29)18(26)21(25)27)19-16(9-11-32-19)24-33(30,31)12-10-14-7-4-6-13-5-2-3-8-15(13)14;13-16(14,15)9-8-11-6-3-5-10-4-1-2-7-12(10)11/h2-9,11,24,26H,10,12H2,1H3,(H,28,29);1-7H,8-9H2. The summed E-state index contributed by atoms with van der Waals surface area (Å²) in [6.07, 6.45) is 0.739. The van der Waals surface area contributed by atoms with Gasteiger partial charge in [0.25, 0.3) is 5.56 Å². The van der Waals surface area contributed by atoms with Crippen molar-refractivity contribution in [3.63, 3.8) is 0 Å². The van der Waals surface area contributed by atoms with Crippen LogP contribution in [0.25, 0.3) is 32.2 Å². The van der Waals surface area contributed by atoms with E-state index >= 15 is 0 Å². The van der Waals surface area contributed by atoms with Gasteiger partial charge in [-0.25, -0.2) is 26.6 Å². The van der Waals surface area contributed by atoms with Gasteiger partial charge < -0.3 is 10.2 Å². The van der Waals surface area contributed by atoms with Gasteiger partial charge in [-0.05, 0) is 57.0 Å². The lowest BCUT2D eigenvalue weighted by atomic mass is 10.0. The molecule has 0 saturated carbocycles. The Morgan fingerprint density at radius 3 is 1.92 bits per heavy atom. The lowest BCUT2D eigenvalue weighted by molar-refractivity contribution is 0.0686. The van der Waals surface area contributed by atoms with E-state index in [0.29, 0.717) is 6.42 Å². The minimum absolute atomic E-state index is 0.0252. The molecule has 0 aliphatic carbocycles. The minimum atomic E-state index is -3.78. The summed E-state index contributed by atoms with van der Waals surface area (Å²) in [5.41, 5.74) is 0.337. The van der Waals surface area contributed by atoms with Gasteiger partial charge >= 0.3 is 5.97 Å². The van der Waals surface area contributed by atoms with Crippen LogP contribution in [-0.2, 0) is 39.0 Å². The molecule has 4 aromatic carbocycles. The number of hydrogen-bond donors (Lipinski definition) is 3. The number of aryl methyl sites for hydroxylation is 2. The number of nitrogens with zero attached hydrogens (tertiary/aromatic N) is 2. The zero-order chi connectivity index (χ0) is 35.3. The van der Waals surface area contributed by atoms with Crippen molar-refractivity contribution in [2.75, 3.05) is 16.2 Å². The van der Waals surface area contributed by atoms with Gasteiger partial charge in [-0.2, -0.15) is 0 Å². The molecule has 0 fully saturated rings. The van der Waals surface area contributed by atoms with Crippen LogP contribution in [0.4, 0.5) is 5.69 Å². The van der Waals surface area contributed by atoms with Gasteiger partial charge in [-0.1, -0.05) is 84.9 Å². The van der Waals surface area contributed by atoms with Crippen LogP contribution in [0.5, 0.6) is 5.75 Å². The smallest absolute Gasteiger partial charge is 0.358 e. The van der Waals surface area contributed by atoms with Crippen molar-refractivity contribution < 1.29 is 31.8 Å². The van der Waals surface area contributed by atoms with Crippen LogP contribution >= 0.6 is 22.0 Å². The first-order valence-corrected chi connectivity index (χ1v) is 19.7. The maximum atomic E-state index is 12.8. The second kappa shape index (κ2) is 14.8. The van der Waals surface area contributed by atoms with Crippen LogP contribution in [-0.4, -0.2) is 54.1 Å². The number of thiophene rings is 1. The van der Waals surface area contributed by atoms with Gasteiger partial charge in [0.1, 0.15) is 0 Å². The molecule has 0 bridgehead atoms. The number of aromatic hydroxyl groups is 1. The molecule has 0 saturated heterocycles. The van der Waals surface area contributed by atoms with Gasteiger partial charge in [-0.15, -0.1) is 11.3 Å². The molecule has 0 amide bonds. The van der Waals surface area contributed by atoms with Crippen molar-refractivity contribution in [1.82, 2.24) is 9.55 Å². The number of rotatable bonds is 10. The molecule has 3 N–H and O–H groups in total. The highest BCUT2D eigenvalue weighted by Crippen LogP contribution is 2.33. The van der Waals surface area contributed by atoms with Crippen LogP contribution < -0.4 is 10.3 Å². The fourth-order valence-corrected chi connectivity index (χ4v) is 7.95. The SMILES string of the molecule is Cn1c(-c2sccc2NS(=O)(=O)CCc2cccc3ccccc23)nc(C(=O)O)c(O)c1=O.O=S(=O)(Cl)CCc1cccc2ccccc12. The van der Waals surface area contributed by atoms with E-state index in [9.17, 15) is 36.6 Å². The topological polar surface area (TPSA) is 173 Å². The molecule has 6 aromatic rings. The molecule has 49 heavy (non-hydrogen) atoms. The molecule has 0 atom stereocenters. The maximum absolute atomic E-state index is 12.8. The summed E-state index contributed by atoms with van der Waals surface area (Å²) in [5.74, 6) is -2.83. The second-order valence-corrected chi connectivity index (χ2v) is 16.6. The monoisotopic (exact) mass is 739 g/mol. The number of nitrogens with one attached hydrogen (secondary N) is 1. The molecule has 2 aromatic heterocycles. The Morgan fingerprint density at radius 1 is 0.837 bits per heavy atom. The third-order valence-corrected chi connectivity index (χ3v) is 11.0. The minimum Gasteiger partial charge on any atom is -0.501 e. The normalized spacial score (nSPS) is 11.6. The number of fused-ring (bicyclic) bond motifs is 2. The third kappa shape index (κ3) is 8.64. The van der Waals surface area contributed by atoms with Crippen LogP contribution in [0.15, 0.2) is 101 Å². The number of benzene rings is 4. The van der Waals surface area contributed by atoms with E-state index in [1.54, 1.807) is 5.38 Å². The summed E-state index contributed by atoms with van der Waals surface area (Å²) >= 11 is 1.09. The van der Waals surface area contributed by atoms with Gasteiger partial charge in [0.2, 0.25) is 24.8 Å². The van der Waals surface area contributed by atoms with Gasteiger partial charge in [-0.3, -0.25) is 14.1 Å². The maximum Gasteiger partial charge on any atom is 0.358 e. The fourth-order valence-electron chi connectivity index (χ4n) is 5.22. The number of carboxylic acids is 1. The van der Waals surface area contributed by atoms with E-state index in [-0.39, 0.29) is 34.3 Å². The number of hydrogen-bond acceptors (Lipinski definition) is 9. The van der Waals surface area contributed by atoms with Gasteiger partial charge in [0.05, 0.1) is 22.1 Å². The molecule has 0 aliphatic heterocycles. The molecule has 0 spiro atoms. The van der Waals surface area contributed by atoms with Crippen molar-refractivity contribution in [2.45, 2.75) is 12.8 Å². The third-order valence-electron chi connectivity index (χ3n) is 7.62. The number of anilines is 1. The molecule has 6 rings (SSSR count). The summed E-state index contributed by atoms with van der Waals surface area (Å²) in [6, 6.07) is 28.7. The molecule has 254 valence electrons. The number of halogens is 1. The van der Waals surface area contributed by atoms with Crippen LogP contribution in [0.3, 0.4) is 0 Å². The zero-order valence-electron chi connectivity index (χ0n) is 25.9. The van der Waals surface area contributed by atoms with Gasteiger partial charge in [0.15, 0.2) is 11.5 Å². The Labute approximate surface area is 290 Å². The summed E-state index contributed by atoms with van der Waals surface area (Å²) < 4.78 is 51.0. The van der Waals surface area contributed by atoms with Crippen molar-refractivity contribution in [2.24, 2.45) is 7.05 Å². The molecule has 11 nitrogen and oxygen atoms in total. The van der Waals surface area contributed by atoms with E-state index in [2.05, 4.69) is 9.71 Å². The Balaban J connectivity index is 0.000000244. The molecule has 15 heteroatoms. The largest absolute Gasteiger partial charge is 0.501 e. The molecule has 2 heterocycles. The first kappa shape index (κ1) is 35.5. The lowest BCUT2D eigenvalue weighted by Crippen LogP contribution is -2.23. The predicted octanol–water partition coefficient (Wildman–Crippen LogP) is 6.00. The van der Waals surface area contributed by atoms with E-state index in [0.717, 1.165) is 48.6 Å². The summed E-state index contributed by atoms with van der Waals surface area (Å²) in [6.45, 7) is 0. The lowest BCUT2D eigenvalue weighted by Gasteiger charge is -2.12. The van der Waals surface area contributed by atoms with Crippen LogP contribution in [0.2, 0.25) is 0 Å². The first-order chi connectivity index (χ1) is 23.2. The highest BCUT2D eigenvalue weighted by atomic mass is 35.7. The number of sulfonamides is 1. The predicted molar refractivity (Wildman–Crippen MR) is 194 cm³/mol. The summed E-state index contributed by atoms with van der Waals surface area (Å²) in [5, 5.41) is 24.8. The van der Waals surface area contributed by atoms with Crippen molar-refractivity contribution in [3.05, 3.63) is 124 Å². The second-order valence-electron chi connectivity index (χ2n) is 10.9. The van der Waals surface area contributed by atoms with Crippen LogP contribution in [0.1, 0.15) is 21.6 Å². The first-order valence-electron chi connectivity index (χ1n) is 14.7. The summed E-state index contributed by atoms with van der Waals surface area (Å²) in [7, 11) is -0.682. The Kier molecular flexibility index (Phi) is 10.7. The van der Waals surface area contributed by atoms with E-state index in [4.69, 9.17) is 10.7 Å². The quantitative estimate of drug-likeness (QED) is 0.143. The van der Waals surface area contributed by atoms with E-state index in [1.807, 2.05) is 84.9 Å². The highest BCUT2D eigenvalue weighted by Gasteiger charge is 2.23. The van der Waals surface area contributed by atoms with E-state index in [1.165, 1.54) is 13.1 Å². The van der Waals surface area contributed by atoms with E-state index < -0.39 is 42.0 Å². The number of aromatic nitrogens is 2. The van der Waals surface area contributed by atoms with Crippen molar-refractivity contribution in [3.8, 4) is 16.5 Å². The molecule has 0 radical (unpaired) electrons. The van der Waals surface area contributed by atoms with Crippen molar-refractivity contribution >= 4 is 74.3 Å². The Hall–Kier alpha value is -4.76. The highest BCUT2D eigenvalue weighted by molar-refractivity contribution is 8.13. The fraction of sp³-hybridized carbons (Fsp3) is 0.147. The molecule has 0 aliphatic rings. The van der Waals surface area contributed by atoms with Gasteiger partial charge in [0, 0.05) is 17.7 Å². The summed E-state index contributed by atoms with van der Waals surface area (Å²) in [4.78, 5) is 27.7. The average Bonchev–Trinajstić information content (AvgIpc) is 3.52. The molecular formula is C34H30ClN3O8S3. The Morgan fingerprint density at radius 2 is 1.37 bits per heavy atom. The van der Waals surface area contributed by atoms with Crippen molar-refractivity contribution in [1.29, 1.82) is 0 Å². The molecule has 0 unspecified atom stereocenters. The Bertz CT molecular complexity index is 2450. The zero-order valence-corrected chi connectivity index (χ0v) is 29.1. The average molecular weight is 740 g/mol. The van der Waals surface area contributed by atoms with Crippen LogP contribution in [0, 0.1) is 0 Å².